The van der Waals surface area contributed by atoms with Crippen LogP contribution in [0.1, 0.15) is 11.6 Å². The maximum atomic E-state index is 11.3. The second-order valence-corrected chi connectivity index (χ2v) is 3.37. The largest absolute Gasteiger partial charge is 0.465 e. The Labute approximate surface area is 98.3 Å². The lowest BCUT2D eigenvalue weighted by molar-refractivity contribution is -0.121. The SMILES string of the molecule is O=C(O)NCC(=O)NC(CO)c1ccccc1. The summed E-state index contributed by atoms with van der Waals surface area (Å²) in [6, 6.07) is 8.42. The Morgan fingerprint density at radius 1 is 1.24 bits per heavy atom. The molecule has 1 unspecified atom stereocenters. The molecule has 0 spiro atoms. The quantitative estimate of drug-likeness (QED) is 0.585. The van der Waals surface area contributed by atoms with Crippen LogP contribution >= 0.6 is 0 Å². The molecule has 0 radical (unpaired) electrons. The van der Waals surface area contributed by atoms with Crippen molar-refractivity contribution in [1.82, 2.24) is 10.6 Å². The number of aliphatic hydroxyl groups is 1. The number of carboxylic acid groups (broad SMARTS) is 1. The maximum Gasteiger partial charge on any atom is 0.405 e. The number of nitrogens with one attached hydrogen (secondary N) is 2. The molecule has 0 saturated carbocycles. The van der Waals surface area contributed by atoms with Crippen LogP contribution in [0.25, 0.3) is 0 Å². The maximum absolute atomic E-state index is 11.3. The normalized spacial score (nSPS) is 11.6. The van der Waals surface area contributed by atoms with E-state index in [1.54, 1.807) is 24.3 Å². The first-order valence-electron chi connectivity index (χ1n) is 5.05. The minimum atomic E-state index is -1.26. The zero-order valence-corrected chi connectivity index (χ0v) is 9.09. The zero-order chi connectivity index (χ0) is 12.7. The van der Waals surface area contributed by atoms with Crippen molar-refractivity contribution in [3.63, 3.8) is 0 Å². The lowest BCUT2D eigenvalue weighted by Gasteiger charge is -2.16. The van der Waals surface area contributed by atoms with E-state index in [4.69, 9.17) is 10.2 Å². The van der Waals surface area contributed by atoms with Crippen LogP contribution in [0.5, 0.6) is 0 Å². The lowest BCUT2D eigenvalue weighted by Crippen LogP contribution is -2.39. The molecule has 92 valence electrons. The van der Waals surface area contributed by atoms with Crippen LogP contribution in [-0.4, -0.2) is 35.4 Å². The molecule has 4 N–H and O–H groups in total. The zero-order valence-electron chi connectivity index (χ0n) is 9.09. The van der Waals surface area contributed by atoms with Crippen molar-refractivity contribution in [3.8, 4) is 0 Å². The third-order valence-electron chi connectivity index (χ3n) is 2.12. The molecule has 2 amide bonds. The van der Waals surface area contributed by atoms with Crippen LogP contribution in [0.2, 0.25) is 0 Å². The fourth-order valence-electron chi connectivity index (χ4n) is 1.32. The summed E-state index contributed by atoms with van der Waals surface area (Å²) in [4.78, 5) is 21.5. The number of rotatable bonds is 5. The van der Waals surface area contributed by atoms with Gasteiger partial charge in [-0.2, -0.15) is 0 Å². The average molecular weight is 238 g/mol. The smallest absolute Gasteiger partial charge is 0.405 e. The molecule has 0 aliphatic rings. The second kappa shape index (κ2) is 6.49. The number of aliphatic hydroxyl groups excluding tert-OH is 1. The Balaban J connectivity index is 2.53. The highest BCUT2D eigenvalue weighted by molar-refractivity contribution is 5.81. The van der Waals surface area contributed by atoms with Crippen LogP contribution < -0.4 is 10.6 Å². The van der Waals surface area contributed by atoms with E-state index in [-0.39, 0.29) is 13.2 Å². The van der Waals surface area contributed by atoms with E-state index in [1.807, 2.05) is 11.4 Å². The van der Waals surface area contributed by atoms with Gasteiger partial charge in [0.15, 0.2) is 0 Å². The average Bonchev–Trinajstić information content (AvgIpc) is 2.34. The third-order valence-corrected chi connectivity index (χ3v) is 2.12. The molecule has 0 fully saturated rings. The monoisotopic (exact) mass is 238 g/mol. The van der Waals surface area contributed by atoms with Gasteiger partial charge in [0.1, 0.15) is 6.54 Å². The summed E-state index contributed by atoms with van der Waals surface area (Å²) in [7, 11) is 0. The first kappa shape index (κ1) is 13.0. The lowest BCUT2D eigenvalue weighted by atomic mass is 10.1. The first-order valence-corrected chi connectivity index (χ1v) is 5.05. The topological polar surface area (TPSA) is 98.7 Å². The van der Waals surface area contributed by atoms with E-state index in [0.29, 0.717) is 0 Å². The van der Waals surface area contributed by atoms with Gasteiger partial charge in [-0.25, -0.2) is 4.79 Å². The molecule has 1 rings (SSSR count). The number of hydrogen-bond acceptors (Lipinski definition) is 3. The molecule has 0 aliphatic heterocycles. The van der Waals surface area contributed by atoms with Gasteiger partial charge in [-0.15, -0.1) is 0 Å². The van der Waals surface area contributed by atoms with Crippen LogP contribution in [0, 0.1) is 0 Å². The van der Waals surface area contributed by atoms with Crippen LogP contribution in [-0.2, 0) is 4.79 Å². The van der Waals surface area contributed by atoms with Crippen molar-refractivity contribution in [3.05, 3.63) is 35.9 Å². The van der Waals surface area contributed by atoms with Crippen molar-refractivity contribution < 1.29 is 19.8 Å². The summed E-state index contributed by atoms with van der Waals surface area (Å²) < 4.78 is 0. The molecular weight excluding hydrogens is 224 g/mol. The number of amides is 2. The predicted octanol–water partition coefficient (Wildman–Crippen LogP) is 0.104. The van der Waals surface area contributed by atoms with Gasteiger partial charge in [0.2, 0.25) is 5.91 Å². The van der Waals surface area contributed by atoms with E-state index in [2.05, 4.69) is 5.32 Å². The summed E-state index contributed by atoms with van der Waals surface area (Å²) in [5, 5.41) is 22.0. The van der Waals surface area contributed by atoms with Crippen LogP contribution in [0.3, 0.4) is 0 Å². The highest BCUT2D eigenvalue weighted by Gasteiger charge is 2.13. The van der Waals surface area contributed by atoms with E-state index in [0.717, 1.165) is 5.56 Å². The van der Waals surface area contributed by atoms with Crippen molar-refractivity contribution in [2.24, 2.45) is 0 Å². The Morgan fingerprint density at radius 2 is 1.88 bits per heavy atom. The van der Waals surface area contributed by atoms with Crippen LogP contribution in [0.15, 0.2) is 30.3 Å². The number of benzene rings is 1. The molecule has 6 nitrogen and oxygen atoms in total. The van der Waals surface area contributed by atoms with E-state index < -0.39 is 18.0 Å². The van der Waals surface area contributed by atoms with Gasteiger partial charge < -0.3 is 20.8 Å². The molecular formula is C11H14N2O4. The van der Waals surface area contributed by atoms with E-state index >= 15 is 0 Å². The van der Waals surface area contributed by atoms with Gasteiger partial charge in [0, 0.05) is 0 Å². The van der Waals surface area contributed by atoms with Crippen molar-refractivity contribution in [2.45, 2.75) is 6.04 Å². The Hall–Kier alpha value is -2.08. The summed E-state index contributed by atoms with van der Waals surface area (Å²) in [6.07, 6.45) is -1.26. The fourth-order valence-corrected chi connectivity index (χ4v) is 1.32. The standard InChI is InChI=1S/C11H14N2O4/c14-7-9(8-4-2-1-3-5-8)13-10(15)6-12-11(16)17/h1-5,9,12,14H,6-7H2,(H,13,15)(H,16,17). The van der Waals surface area contributed by atoms with Crippen molar-refractivity contribution in [2.75, 3.05) is 13.2 Å². The van der Waals surface area contributed by atoms with Gasteiger partial charge in [0.05, 0.1) is 12.6 Å². The molecule has 0 heterocycles. The molecule has 6 heteroatoms. The molecule has 1 atom stereocenters. The van der Waals surface area contributed by atoms with Crippen molar-refractivity contribution >= 4 is 12.0 Å². The van der Waals surface area contributed by atoms with Gasteiger partial charge in [-0.1, -0.05) is 30.3 Å². The Bertz CT molecular complexity index is 380. The highest BCUT2D eigenvalue weighted by atomic mass is 16.4. The molecule has 1 aromatic rings. The fraction of sp³-hybridized carbons (Fsp3) is 0.273. The Morgan fingerprint density at radius 3 is 2.41 bits per heavy atom. The van der Waals surface area contributed by atoms with Gasteiger partial charge in [0.25, 0.3) is 0 Å². The summed E-state index contributed by atoms with van der Waals surface area (Å²) in [5.74, 6) is -0.490. The number of carbonyl (C=O) groups is 2. The molecule has 1 aromatic carbocycles. The van der Waals surface area contributed by atoms with Gasteiger partial charge in [-0.3, -0.25) is 4.79 Å². The second-order valence-electron chi connectivity index (χ2n) is 3.37. The summed E-state index contributed by atoms with van der Waals surface area (Å²) in [5.41, 5.74) is 0.763. The summed E-state index contributed by atoms with van der Waals surface area (Å²) >= 11 is 0. The molecule has 17 heavy (non-hydrogen) atoms. The molecule has 0 aromatic heterocycles. The summed E-state index contributed by atoms with van der Waals surface area (Å²) in [6.45, 7) is -0.582. The molecule has 0 aliphatic carbocycles. The van der Waals surface area contributed by atoms with Gasteiger partial charge >= 0.3 is 6.09 Å². The minimum absolute atomic E-state index is 0.247. The number of carbonyl (C=O) groups excluding carboxylic acids is 1. The Kier molecular flexibility index (Phi) is 4.96. The predicted molar refractivity (Wildman–Crippen MR) is 60.4 cm³/mol. The van der Waals surface area contributed by atoms with E-state index in [1.165, 1.54) is 0 Å². The van der Waals surface area contributed by atoms with Crippen molar-refractivity contribution in [1.29, 1.82) is 0 Å². The van der Waals surface area contributed by atoms with E-state index in [9.17, 15) is 9.59 Å². The van der Waals surface area contributed by atoms with Crippen LogP contribution in [0.4, 0.5) is 4.79 Å². The van der Waals surface area contributed by atoms with Gasteiger partial charge in [-0.05, 0) is 5.56 Å². The third kappa shape index (κ3) is 4.52. The number of hydrogen-bond donors (Lipinski definition) is 4. The molecule has 0 saturated heterocycles. The highest BCUT2D eigenvalue weighted by Crippen LogP contribution is 2.10. The first-order chi connectivity index (χ1) is 8.13. The molecule has 0 bridgehead atoms. The minimum Gasteiger partial charge on any atom is -0.465 e.